The summed E-state index contributed by atoms with van der Waals surface area (Å²) >= 11 is 2.81. The number of hydrogen-bond donors (Lipinski definition) is 1. The Labute approximate surface area is 117 Å². The van der Waals surface area contributed by atoms with Crippen molar-refractivity contribution in [3.8, 4) is 5.75 Å². The minimum atomic E-state index is -5.18. The Morgan fingerprint density at radius 3 is 2.45 bits per heavy atom. The summed E-state index contributed by atoms with van der Waals surface area (Å²) in [4.78, 5) is 14.0. The number of nitrogens with zero attached hydrogens (tertiary/aromatic N) is 1. The molecule has 0 aliphatic carbocycles. The average molecular weight is 364 g/mol. The van der Waals surface area contributed by atoms with E-state index in [0.717, 1.165) is 0 Å². The second kappa shape index (κ2) is 6.33. The van der Waals surface area contributed by atoms with Crippen LogP contribution in [0.4, 0.5) is 22.0 Å². The van der Waals surface area contributed by atoms with Crippen molar-refractivity contribution in [2.75, 3.05) is 0 Å². The van der Waals surface area contributed by atoms with Gasteiger partial charge in [0.05, 0.1) is 17.7 Å². The van der Waals surface area contributed by atoms with Crippen LogP contribution in [-0.2, 0) is 16.5 Å². The van der Waals surface area contributed by atoms with E-state index in [0.29, 0.717) is 6.20 Å². The molecule has 0 fully saturated rings. The summed E-state index contributed by atoms with van der Waals surface area (Å²) in [5, 5.41) is 8.31. The maximum absolute atomic E-state index is 12.7. The van der Waals surface area contributed by atoms with Gasteiger partial charge in [-0.05, 0) is 0 Å². The molecule has 0 radical (unpaired) electrons. The number of aliphatic carboxylic acids is 1. The average Bonchev–Trinajstić information content (AvgIpc) is 2.25. The lowest BCUT2D eigenvalue weighted by molar-refractivity contribution is -0.275. The van der Waals surface area contributed by atoms with Gasteiger partial charge in [0.2, 0.25) is 0 Å². The summed E-state index contributed by atoms with van der Waals surface area (Å²) in [6.07, 6.45) is -8.64. The third-order valence-electron chi connectivity index (χ3n) is 2.15. The fourth-order valence-electron chi connectivity index (χ4n) is 1.41. The number of aromatic nitrogens is 1. The quantitative estimate of drug-likeness (QED) is 0.643. The molecule has 0 atom stereocenters. The smallest absolute Gasteiger partial charge is 0.481 e. The second-order valence-electron chi connectivity index (χ2n) is 3.52. The highest BCUT2D eigenvalue weighted by molar-refractivity contribution is 9.08. The van der Waals surface area contributed by atoms with Crippen molar-refractivity contribution in [2.45, 2.75) is 24.5 Å². The number of carboxylic acid groups (broad SMARTS) is 1. The molecule has 1 aromatic heterocycles. The molecule has 4 nitrogen and oxygen atoms in total. The molecule has 0 unspecified atom stereocenters. The molecule has 0 spiro atoms. The Kier molecular flexibility index (Phi) is 5.26. The van der Waals surface area contributed by atoms with Gasteiger partial charge in [-0.3, -0.25) is 9.78 Å². The highest BCUT2D eigenvalue weighted by Gasteiger charge is 2.35. The molecule has 1 aromatic rings. The molecular weight excluding hydrogens is 357 g/mol. The fourth-order valence-corrected chi connectivity index (χ4v) is 1.99. The summed E-state index contributed by atoms with van der Waals surface area (Å²) in [5.74, 6) is -2.47. The van der Waals surface area contributed by atoms with Crippen LogP contribution in [0, 0.1) is 0 Å². The Balaban J connectivity index is 3.41. The number of halogens is 6. The Bertz CT molecular complexity index is 506. The largest absolute Gasteiger partial charge is 0.573 e. The molecule has 10 heteroatoms. The van der Waals surface area contributed by atoms with Gasteiger partial charge >= 0.3 is 12.3 Å². The van der Waals surface area contributed by atoms with Gasteiger partial charge in [-0.2, -0.15) is 0 Å². The maximum atomic E-state index is 12.7. The molecule has 0 saturated heterocycles. The Hall–Kier alpha value is -1.45. The zero-order valence-corrected chi connectivity index (χ0v) is 11.1. The fraction of sp³-hybridized carbons (Fsp3) is 0.400. The Morgan fingerprint density at radius 2 is 2.05 bits per heavy atom. The van der Waals surface area contributed by atoms with Crippen molar-refractivity contribution in [1.29, 1.82) is 0 Å². The summed E-state index contributed by atoms with van der Waals surface area (Å²) in [5.41, 5.74) is -1.70. The minimum absolute atomic E-state index is 0.280. The van der Waals surface area contributed by atoms with Crippen LogP contribution in [0.15, 0.2) is 6.20 Å². The standard InChI is InChI=1S/C10H7BrF5NO3/c11-2-4-6(1-7(18)19)17-3-5(9(12)13)8(4)20-10(14,15)16/h3,9H,1-2H2,(H,18,19). The van der Waals surface area contributed by atoms with Gasteiger partial charge in [0.25, 0.3) is 6.43 Å². The number of pyridine rings is 1. The monoisotopic (exact) mass is 363 g/mol. The van der Waals surface area contributed by atoms with Gasteiger partial charge in [-0.25, -0.2) is 8.78 Å². The van der Waals surface area contributed by atoms with Crippen LogP contribution < -0.4 is 4.74 Å². The van der Waals surface area contributed by atoms with Crippen LogP contribution >= 0.6 is 15.9 Å². The lowest BCUT2D eigenvalue weighted by Crippen LogP contribution is -2.20. The van der Waals surface area contributed by atoms with E-state index in [1.54, 1.807) is 0 Å². The predicted octanol–water partition coefficient (Wildman–Crippen LogP) is 3.44. The first kappa shape index (κ1) is 16.6. The number of carbonyl (C=O) groups is 1. The lowest BCUT2D eigenvalue weighted by Gasteiger charge is -2.17. The number of alkyl halides is 6. The van der Waals surface area contributed by atoms with E-state index in [1.807, 2.05) is 0 Å². The highest BCUT2D eigenvalue weighted by Crippen LogP contribution is 2.37. The van der Waals surface area contributed by atoms with Crippen molar-refractivity contribution in [3.63, 3.8) is 0 Å². The Morgan fingerprint density at radius 1 is 1.45 bits per heavy atom. The normalized spacial score (nSPS) is 11.8. The first-order valence-electron chi connectivity index (χ1n) is 4.98. The van der Waals surface area contributed by atoms with Gasteiger partial charge in [0.1, 0.15) is 5.75 Å². The molecule has 0 bridgehead atoms. The van der Waals surface area contributed by atoms with Crippen molar-refractivity contribution in [2.24, 2.45) is 0 Å². The number of ether oxygens (including phenoxy) is 1. The predicted molar refractivity (Wildman–Crippen MR) is 59.8 cm³/mol. The lowest BCUT2D eigenvalue weighted by atomic mass is 10.1. The zero-order chi connectivity index (χ0) is 15.5. The van der Waals surface area contributed by atoms with Gasteiger partial charge in [-0.1, -0.05) is 15.9 Å². The maximum Gasteiger partial charge on any atom is 0.573 e. The minimum Gasteiger partial charge on any atom is -0.481 e. The third kappa shape index (κ3) is 4.29. The molecule has 1 heterocycles. The van der Waals surface area contributed by atoms with Gasteiger partial charge < -0.3 is 9.84 Å². The van der Waals surface area contributed by atoms with Crippen LogP contribution in [0.2, 0.25) is 0 Å². The first-order valence-corrected chi connectivity index (χ1v) is 6.10. The van der Waals surface area contributed by atoms with Crippen molar-refractivity contribution < 1.29 is 36.6 Å². The van der Waals surface area contributed by atoms with Crippen LogP contribution in [0.1, 0.15) is 23.2 Å². The summed E-state index contributed by atoms with van der Waals surface area (Å²) in [6, 6.07) is 0. The van der Waals surface area contributed by atoms with Crippen LogP contribution in [0.25, 0.3) is 0 Å². The van der Waals surface area contributed by atoms with E-state index < -0.39 is 36.5 Å². The first-order chi connectivity index (χ1) is 9.15. The van der Waals surface area contributed by atoms with E-state index in [9.17, 15) is 26.7 Å². The summed E-state index contributed by atoms with van der Waals surface area (Å²) in [6.45, 7) is 0. The zero-order valence-electron chi connectivity index (χ0n) is 9.55. The molecule has 0 aliphatic rings. The summed E-state index contributed by atoms with van der Waals surface area (Å²) < 4.78 is 65.8. The second-order valence-corrected chi connectivity index (χ2v) is 4.08. The third-order valence-corrected chi connectivity index (χ3v) is 2.71. The number of carboxylic acids is 1. The molecule has 20 heavy (non-hydrogen) atoms. The van der Waals surface area contributed by atoms with Gasteiger partial charge in [0, 0.05) is 17.1 Å². The molecule has 0 aliphatic heterocycles. The van der Waals surface area contributed by atoms with E-state index in [1.165, 1.54) is 0 Å². The van der Waals surface area contributed by atoms with Crippen LogP contribution in [-0.4, -0.2) is 22.4 Å². The van der Waals surface area contributed by atoms with E-state index in [2.05, 4.69) is 25.7 Å². The number of rotatable bonds is 5. The van der Waals surface area contributed by atoms with Gasteiger partial charge in [-0.15, -0.1) is 13.2 Å². The SMILES string of the molecule is O=C(O)Cc1ncc(C(F)F)c(OC(F)(F)F)c1CBr. The van der Waals surface area contributed by atoms with Crippen molar-refractivity contribution >= 4 is 21.9 Å². The number of hydrogen-bond acceptors (Lipinski definition) is 3. The highest BCUT2D eigenvalue weighted by atomic mass is 79.9. The molecule has 112 valence electrons. The van der Waals surface area contributed by atoms with Crippen LogP contribution in [0.5, 0.6) is 5.75 Å². The molecule has 0 saturated carbocycles. The molecule has 0 amide bonds. The molecular formula is C10H7BrF5NO3. The van der Waals surface area contributed by atoms with Gasteiger partial charge in [0.15, 0.2) is 0 Å². The van der Waals surface area contributed by atoms with E-state index >= 15 is 0 Å². The van der Waals surface area contributed by atoms with Crippen molar-refractivity contribution in [3.05, 3.63) is 23.0 Å². The van der Waals surface area contributed by atoms with E-state index in [-0.39, 0.29) is 16.6 Å². The topological polar surface area (TPSA) is 59.4 Å². The molecule has 1 N–H and O–H groups in total. The van der Waals surface area contributed by atoms with E-state index in [4.69, 9.17) is 5.11 Å². The molecule has 0 aromatic carbocycles. The van der Waals surface area contributed by atoms with Crippen LogP contribution in [0.3, 0.4) is 0 Å². The summed E-state index contributed by atoms with van der Waals surface area (Å²) in [7, 11) is 0. The van der Waals surface area contributed by atoms with Crippen molar-refractivity contribution in [1.82, 2.24) is 4.98 Å². The molecule has 1 rings (SSSR count).